The summed E-state index contributed by atoms with van der Waals surface area (Å²) in [6.45, 7) is 4.91. The van der Waals surface area contributed by atoms with Crippen LogP contribution in [0, 0.1) is 11.7 Å². The van der Waals surface area contributed by atoms with Crippen LogP contribution in [0.15, 0.2) is 29.2 Å². The molecule has 1 amide bonds. The summed E-state index contributed by atoms with van der Waals surface area (Å²) in [5.41, 5.74) is -1.20. The first kappa shape index (κ1) is 22.5. The number of carbonyl (C=O) groups excluding carboxylic acids is 2. The second-order valence-corrected chi connectivity index (χ2v) is 9.20. The van der Waals surface area contributed by atoms with E-state index in [9.17, 15) is 23.9 Å². The Labute approximate surface area is 190 Å². The van der Waals surface area contributed by atoms with Crippen LogP contribution in [0.1, 0.15) is 65.9 Å². The second kappa shape index (κ2) is 8.35. The average Bonchev–Trinajstić information content (AvgIpc) is 2.74. The van der Waals surface area contributed by atoms with Gasteiger partial charge in [0.2, 0.25) is 5.43 Å². The highest BCUT2D eigenvalue weighted by Gasteiger charge is 2.53. The van der Waals surface area contributed by atoms with Gasteiger partial charge in [-0.1, -0.05) is 37.1 Å². The van der Waals surface area contributed by atoms with E-state index in [4.69, 9.17) is 11.6 Å². The number of amides is 1. The van der Waals surface area contributed by atoms with E-state index in [2.05, 4.69) is 6.92 Å². The Kier molecular flexibility index (Phi) is 5.88. The fourth-order valence-electron chi connectivity index (χ4n) is 5.20. The number of likely N-dealkylation sites (N-methyl/N-ethyl adjacent to an activating group) is 1. The molecule has 0 radical (unpaired) electrons. The molecule has 1 aliphatic carbocycles. The SMILES string of the molecule is CCC1CC2(C1)Cn1cc(C(=O)CCc3cccc(Cl)c3F)c(=O)c(O)c1C(=O)N2CC. The molecule has 0 bridgehead atoms. The maximum absolute atomic E-state index is 14.1. The van der Waals surface area contributed by atoms with E-state index in [1.165, 1.54) is 18.3 Å². The number of hydrogen-bond acceptors (Lipinski definition) is 4. The quantitative estimate of drug-likeness (QED) is 0.655. The molecule has 1 aliphatic heterocycles. The van der Waals surface area contributed by atoms with Crippen molar-refractivity contribution >= 4 is 23.3 Å². The van der Waals surface area contributed by atoms with Gasteiger partial charge in [-0.15, -0.1) is 0 Å². The number of aromatic hydroxyl groups is 1. The highest BCUT2D eigenvalue weighted by atomic mass is 35.5. The molecule has 2 heterocycles. The van der Waals surface area contributed by atoms with Crippen LogP contribution in [0.3, 0.4) is 0 Å². The third kappa shape index (κ3) is 3.52. The lowest BCUT2D eigenvalue weighted by molar-refractivity contribution is -0.0344. The van der Waals surface area contributed by atoms with Crippen molar-refractivity contribution in [2.45, 2.75) is 58.0 Å². The minimum absolute atomic E-state index is 0.0309. The van der Waals surface area contributed by atoms with Crippen molar-refractivity contribution in [2.75, 3.05) is 6.54 Å². The third-order valence-electron chi connectivity index (χ3n) is 6.93. The molecule has 1 N–H and O–H groups in total. The maximum atomic E-state index is 14.1. The number of benzene rings is 1. The van der Waals surface area contributed by atoms with E-state index < -0.39 is 22.8 Å². The third-order valence-corrected chi connectivity index (χ3v) is 7.22. The van der Waals surface area contributed by atoms with Crippen LogP contribution in [0.4, 0.5) is 4.39 Å². The summed E-state index contributed by atoms with van der Waals surface area (Å²) >= 11 is 5.79. The summed E-state index contributed by atoms with van der Waals surface area (Å²) < 4.78 is 15.7. The van der Waals surface area contributed by atoms with Gasteiger partial charge < -0.3 is 14.6 Å². The highest BCUT2D eigenvalue weighted by molar-refractivity contribution is 6.30. The molecule has 1 aromatic carbocycles. The summed E-state index contributed by atoms with van der Waals surface area (Å²) in [4.78, 5) is 40.5. The van der Waals surface area contributed by atoms with Gasteiger partial charge in [0.1, 0.15) is 5.82 Å². The van der Waals surface area contributed by atoms with Crippen LogP contribution < -0.4 is 5.43 Å². The number of ketones is 1. The molecular weight excluding hydrogens is 435 g/mol. The molecule has 6 nitrogen and oxygen atoms in total. The lowest BCUT2D eigenvalue weighted by Gasteiger charge is -2.56. The minimum atomic E-state index is -0.867. The van der Waals surface area contributed by atoms with E-state index in [0.717, 1.165) is 19.3 Å². The zero-order valence-corrected chi connectivity index (χ0v) is 18.9. The van der Waals surface area contributed by atoms with Crippen molar-refractivity contribution in [1.29, 1.82) is 0 Å². The van der Waals surface area contributed by atoms with Gasteiger partial charge in [0.15, 0.2) is 17.2 Å². The molecule has 1 spiro atoms. The van der Waals surface area contributed by atoms with Crippen LogP contribution >= 0.6 is 11.6 Å². The molecule has 0 unspecified atom stereocenters. The minimum Gasteiger partial charge on any atom is -0.503 e. The summed E-state index contributed by atoms with van der Waals surface area (Å²) in [6.07, 6.45) is 4.07. The molecule has 2 aliphatic rings. The van der Waals surface area contributed by atoms with E-state index in [0.29, 0.717) is 19.0 Å². The first-order valence-corrected chi connectivity index (χ1v) is 11.3. The molecule has 1 aromatic heterocycles. The average molecular weight is 461 g/mol. The van der Waals surface area contributed by atoms with Gasteiger partial charge in [0, 0.05) is 25.7 Å². The molecule has 8 heteroatoms. The second-order valence-electron chi connectivity index (χ2n) is 8.79. The summed E-state index contributed by atoms with van der Waals surface area (Å²) in [6, 6.07) is 4.55. The van der Waals surface area contributed by atoms with Crippen molar-refractivity contribution in [1.82, 2.24) is 9.47 Å². The first-order chi connectivity index (χ1) is 15.2. The Morgan fingerprint density at radius 2 is 2.00 bits per heavy atom. The molecule has 4 rings (SSSR count). The number of nitrogens with zero attached hydrogens (tertiary/aromatic N) is 2. The number of carbonyl (C=O) groups is 2. The van der Waals surface area contributed by atoms with Gasteiger partial charge in [-0.3, -0.25) is 14.4 Å². The Morgan fingerprint density at radius 3 is 2.66 bits per heavy atom. The zero-order valence-electron chi connectivity index (χ0n) is 18.2. The van der Waals surface area contributed by atoms with Crippen LogP contribution in [0.2, 0.25) is 5.02 Å². The lowest BCUT2D eigenvalue weighted by atomic mass is 9.65. The fourth-order valence-corrected chi connectivity index (χ4v) is 5.39. The van der Waals surface area contributed by atoms with Crippen LogP contribution in [-0.2, 0) is 13.0 Å². The van der Waals surface area contributed by atoms with E-state index in [1.807, 2.05) is 6.92 Å². The summed E-state index contributed by atoms with van der Waals surface area (Å²) in [5, 5.41) is 10.5. The number of pyridine rings is 1. The number of hydrogen-bond donors (Lipinski definition) is 1. The van der Waals surface area contributed by atoms with E-state index in [-0.39, 0.29) is 46.1 Å². The number of rotatable bonds is 6. The molecule has 0 saturated heterocycles. The monoisotopic (exact) mass is 460 g/mol. The Morgan fingerprint density at radius 1 is 1.28 bits per heavy atom. The smallest absolute Gasteiger partial charge is 0.275 e. The molecule has 0 atom stereocenters. The maximum Gasteiger partial charge on any atom is 0.275 e. The zero-order chi connectivity index (χ0) is 23.2. The van der Waals surface area contributed by atoms with Gasteiger partial charge in [-0.05, 0) is 43.7 Å². The predicted octanol–water partition coefficient (Wildman–Crippen LogP) is 4.20. The topological polar surface area (TPSA) is 79.6 Å². The summed E-state index contributed by atoms with van der Waals surface area (Å²) in [7, 11) is 0. The van der Waals surface area contributed by atoms with E-state index >= 15 is 0 Å². The van der Waals surface area contributed by atoms with E-state index in [1.54, 1.807) is 15.5 Å². The fraction of sp³-hybridized carbons (Fsp3) is 0.458. The molecular formula is C24H26ClFN2O4. The van der Waals surface area contributed by atoms with Crippen molar-refractivity contribution in [3.63, 3.8) is 0 Å². The van der Waals surface area contributed by atoms with Gasteiger partial charge in [-0.2, -0.15) is 0 Å². The molecule has 1 saturated carbocycles. The number of Topliss-reactive ketones (excluding diaryl/α,β-unsaturated/α-hetero) is 1. The van der Waals surface area contributed by atoms with Gasteiger partial charge >= 0.3 is 0 Å². The normalized spacial score (nSPS) is 22.1. The van der Waals surface area contributed by atoms with Crippen LogP contribution in [0.5, 0.6) is 5.75 Å². The first-order valence-electron chi connectivity index (χ1n) is 11.0. The standard InChI is InChI=1S/C24H26ClFN2O4/c1-3-14-10-24(11-14)13-27-12-16(21(30)22(31)20(27)23(32)28(24)4-2)18(29)9-8-15-6-5-7-17(25)19(15)26/h5-7,12,14,31H,3-4,8-11,13H2,1-2H3. The van der Waals surface area contributed by atoms with Gasteiger partial charge in [-0.25, -0.2) is 4.39 Å². The number of aromatic nitrogens is 1. The number of halogens is 2. The van der Waals surface area contributed by atoms with Gasteiger partial charge in [0.05, 0.1) is 16.1 Å². The Balaban J connectivity index is 1.65. The Hall–Kier alpha value is -2.67. The molecule has 170 valence electrons. The van der Waals surface area contributed by atoms with Crippen molar-refractivity contribution in [3.8, 4) is 5.75 Å². The lowest BCUT2D eigenvalue weighted by Crippen LogP contribution is -2.64. The molecule has 2 aromatic rings. The highest BCUT2D eigenvalue weighted by Crippen LogP contribution is 2.48. The molecule has 32 heavy (non-hydrogen) atoms. The predicted molar refractivity (Wildman–Crippen MR) is 119 cm³/mol. The van der Waals surface area contributed by atoms with Crippen LogP contribution in [0.25, 0.3) is 0 Å². The number of fused-ring (bicyclic) bond motifs is 1. The van der Waals surface area contributed by atoms with Crippen molar-refractivity contribution in [3.05, 3.63) is 62.3 Å². The summed E-state index contributed by atoms with van der Waals surface area (Å²) in [5.74, 6) is -1.66. The van der Waals surface area contributed by atoms with Crippen molar-refractivity contribution in [2.24, 2.45) is 5.92 Å². The van der Waals surface area contributed by atoms with Gasteiger partial charge in [0.25, 0.3) is 5.91 Å². The van der Waals surface area contributed by atoms with Crippen LogP contribution in [-0.4, -0.2) is 38.3 Å². The largest absolute Gasteiger partial charge is 0.503 e. The Bertz CT molecular complexity index is 1150. The number of aryl methyl sites for hydroxylation is 1. The van der Waals surface area contributed by atoms with Crippen molar-refractivity contribution < 1.29 is 19.1 Å². The molecule has 1 fully saturated rings.